The largest absolute Gasteiger partial charge is 0.494 e. The zero-order valence-electron chi connectivity index (χ0n) is 21.3. The van der Waals surface area contributed by atoms with Gasteiger partial charge in [-0.3, -0.25) is 9.48 Å². The molecular weight excluding hydrogens is 452 g/mol. The van der Waals surface area contributed by atoms with Crippen molar-refractivity contribution in [1.82, 2.24) is 14.9 Å². The number of aryl methyl sites for hydroxylation is 2. The molecule has 0 saturated heterocycles. The minimum Gasteiger partial charge on any atom is -0.494 e. The third-order valence-corrected chi connectivity index (χ3v) is 7.21. The van der Waals surface area contributed by atoms with E-state index in [9.17, 15) is 4.79 Å². The van der Waals surface area contributed by atoms with Gasteiger partial charge < -0.3 is 14.6 Å². The Balaban J connectivity index is 1.34. The van der Waals surface area contributed by atoms with Crippen molar-refractivity contribution in [3.63, 3.8) is 0 Å². The molecule has 4 aromatic rings. The number of carbonyl (C=O) groups excluding carboxylic acids is 1. The first kappa shape index (κ1) is 23.9. The molecule has 0 bridgehead atoms. The van der Waals surface area contributed by atoms with E-state index in [1.54, 1.807) is 0 Å². The van der Waals surface area contributed by atoms with E-state index >= 15 is 0 Å². The Morgan fingerprint density at radius 2 is 1.89 bits per heavy atom. The van der Waals surface area contributed by atoms with Crippen molar-refractivity contribution in [3.05, 3.63) is 94.1 Å². The molecule has 2 aromatic heterocycles. The molecule has 1 aliphatic rings. The van der Waals surface area contributed by atoms with E-state index in [0.717, 1.165) is 46.9 Å². The van der Waals surface area contributed by atoms with Crippen molar-refractivity contribution in [2.24, 2.45) is 0 Å². The molecule has 0 aliphatic heterocycles. The van der Waals surface area contributed by atoms with Crippen LogP contribution in [0.2, 0.25) is 0 Å². The van der Waals surface area contributed by atoms with Gasteiger partial charge in [-0.15, -0.1) is 0 Å². The van der Waals surface area contributed by atoms with E-state index in [1.165, 1.54) is 5.56 Å². The highest BCUT2D eigenvalue weighted by atomic mass is 16.5. The Bertz CT molecular complexity index is 1370. The minimum absolute atomic E-state index is 0.0662. The van der Waals surface area contributed by atoms with Gasteiger partial charge >= 0.3 is 0 Å². The molecule has 1 N–H and O–H groups in total. The lowest BCUT2D eigenvalue weighted by Crippen LogP contribution is -2.31. The molecule has 186 valence electrons. The SMILES string of the molecule is CCOc1ccc(Cn2nc(C)c(NC(=O)c3noc4c3CC(C)(c3ccccc3)CC4)c2C)cc1. The summed E-state index contributed by atoms with van der Waals surface area (Å²) in [5.41, 5.74) is 5.94. The fraction of sp³-hybridized carbons (Fsp3) is 0.345. The Hall–Kier alpha value is -3.87. The third-order valence-electron chi connectivity index (χ3n) is 7.21. The average molecular weight is 485 g/mol. The molecule has 1 amide bonds. The molecule has 2 heterocycles. The summed E-state index contributed by atoms with van der Waals surface area (Å²) in [6, 6.07) is 18.5. The predicted molar refractivity (Wildman–Crippen MR) is 139 cm³/mol. The number of hydrogen-bond donors (Lipinski definition) is 1. The van der Waals surface area contributed by atoms with Crippen molar-refractivity contribution in [3.8, 4) is 5.75 Å². The lowest BCUT2D eigenvalue weighted by Gasteiger charge is -2.33. The van der Waals surface area contributed by atoms with Gasteiger partial charge in [0.25, 0.3) is 5.91 Å². The summed E-state index contributed by atoms with van der Waals surface area (Å²) in [6.45, 7) is 9.33. The first-order valence-corrected chi connectivity index (χ1v) is 12.5. The van der Waals surface area contributed by atoms with Gasteiger partial charge in [-0.1, -0.05) is 54.5 Å². The second kappa shape index (κ2) is 9.64. The lowest BCUT2D eigenvalue weighted by atomic mass is 9.70. The molecule has 36 heavy (non-hydrogen) atoms. The number of rotatable bonds is 7. The van der Waals surface area contributed by atoms with E-state index in [-0.39, 0.29) is 11.3 Å². The number of anilines is 1. The maximum Gasteiger partial charge on any atom is 0.278 e. The number of amides is 1. The van der Waals surface area contributed by atoms with Gasteiger partial charge in [0, 0.05) is 12.0 Å². The van der Waals surface area contributed by atoms with E-state index in [4.69, 9.17) is 9.26 Å². The van der Waals surface area contributed by atoms with Gasteiger partial charge in [0.1, 0.15) is 11.5 Å². The van der Waals surface area contributed by atoms with Crippen LogP contribution in [0.3, 0.4) is 0 Å². The van der Waals surface area contributed by atoms with Crippen LogP contribution in [0.15, 0.2) is 59.1 Å². The molecule has 1 unspecified atom stereocenters. The number of benzene rings is 2. The number of fused-ring (bicyclic) bond motifs is 1. The monoisotopic (exact) mass is 484 g/mol. The standard InChI is InChI=1S/C29H32N4O3/c1-5-35-23-13-11-21(12-14-23)18-33-20(3)26(19(2)31-33)30-28(34)27-24-17-29(4,16-15-25(24)36-32-27)22-9-7-6-8-10-22/h6-14H,5,15-18H2,1-4H3,(H,30,34). The Morgan fingerprint density at radius 3 is 2.61 bits per heavy atom. The van der Waals surface area contributed by atoms with E-state index in [2.05, 4.69) is 46.8 Å². The number of carbonyl (C=O) groups is 1. The van der Waals surface area contributed by atoms with Gasteiger partial charge in [0.15, 0.2) is 5.69 Å². The zero-order chi connectivity index (χ0) is 25.3. The van der Waals surface area contributed by atoms with Gasteiger partial charge in [-0.2, -0.15) is 5.10 Å². The third kappa shape index (κ3) is 4.53. The van der Waals surface area contributed by atoms with Crippen LogP contribution < -0.4 is 10.1 Å². The first-order chi connectivity index (χ1) is 17.4. The molecule has 5 rings (SSSR count). The number of nitrogens with one attached hydrogen (secondary N) is 1. The highest BCUT2D eigenvalue weighted by molar-refractivity contribution is 6.04. The number of ether oxygens (including phenoxy) is 1. The second-order valence-corrected chi connectivity index (χ2v) is 9.77. The minimum atomic E-state index is -0.260. The second-order valence-electron chi connectivity index (χ2n) is 9.77. The number of hydrogen-bond acceptors (Lipinski definition) is 5. The summed E-state index contributed by atoms with van der Waals surface area (Å²) in [5, 5.41) is 11.9. The maximum absolute atomic E-state index is 13.4. The van der Waals surface area contributed by atoms with Crippen molar-refractivity contribution in [1.29, 1.82) is 0 Å². The van der Waals surface area contributed by atoms with Gasteiger partial charge in [0.05, 0.1) is 30.2 Å². The smallest absolute Gasteiger partial charge is 0.278 e. The normalized spacial score (nSPS) is 17.0. The Kier molecular flexibility index (Phi) is 6.39. The molecule has 1 atom stereocenters. The van der Waals surface area contributed by atoms with Crippen molar-refractivity contribution < 1.29 is 14.1 Å². The topological polar surface area (TPSA) is 82.2 Å². The molecular formula is C29H32N4O3. The van der Waals surface area contributed by atoms with Crippen molar-refractivity contribution in [2.75, 3.05) is 11.9 Å². The summed E-state index contributed by atoms with van der Waals surface area (Å²) in [7, 11) is 0. The van der Waals surface area contributed by atoms with Gasteiger partial charge in [-0.25, -0.2) is 0 Å². The first-order valence-electron chi connectivity index (χ1n) is 12.5. The average Bonchev–Trinajstić information content (AvgIpc) is 3.41. The van der Waals surface area contributed by atoms with Crippen molar-refractivity contribution in [2.45, 2.75) is 58.9 Å². The fourth-order valence-corrected chi connectivity index (χ4v) is 5.09. The summed E-state index contributed by atoms with van der Waals surface area (Å²) >= 11 is 0. The Labute approximate surface area is 211 Å². The number of nitrogens with zero attached hydrogens (tertiary/aromatic N) is 3. The van der Waals surface area contributed by atoms with Crippen LogP contribution in [0.25, 0.3) is 0 Å². The van der Waals surface area contributed by atoms with Crippen LogP contribution in [0.1, 0.15) is 64.6 Å². The van der Waals surface area contributed by atoms with Crippen molar-refractivity contribution >= 4 is 11.6 Å². The molecule has 0 spiro atoms. The molecule has 0 fully saturated rings. The van der Waals surface area contributed by atoms with Gasteiger partial charge in [-0.05, 0) is 62.3 Å². The molecule has 0 saturated carbocycles. The van der Waals surface area contributed by atoms with Gasteiger partial charge in [0.2, 0.25) is 0 Å². The van der Waals surface area contributed by atoms with Crippen LogP contribution in [0.4, 0.5) is 5.69 Å². The summed E-state index contributed by atoms with van der Waals surface area (Å²) in [4.78, 5) is 13.4. The van der Waals surface area contributed by atoms with Crippen LogP contribution in [0.5, 0.6) is 5.75 Å². The molecule has 7 nitrogen and oxygen atoms in total. The fourth-order valence-electron chi connectivity index (χ4n) is 5.09. The summed E-state index contributed by atoms with van der Waals surface area (Å²) in [6.07, 6.45) is 2.43. The maximum atomic E-state index is 13.4. The molecule has 2 aromatic carbocycles. The van der Waals surface area contributed by atoms with E-state index < -0.39 is 0 Å². The van der Waals surface area contributed by atoms with Crippen LogP contribution >= 0.6 is 0 Å². The quantitative estimate of drug-likeness (QED) is 0.367. The van der Waals surface area contributed by atoms with E-state index in [1.807, 2.05) is 55.8 Å². The zero-order valence-corrected chi connectivity index (χ0v) is 21.3. The van der Waals surface area contributed by atoms with Crippen LogP contribution in [0, 0.1) is 13.8 Å². The van der Waals surface area contributed by atoms with E-state index in [0.29, 0.717) is 31.0 Å². The van der Waals surface area contributed by atoms with Crippen LogP contribution in [-0.2, 0) is 24.8 Å². The lowest BCUT2D eigenvalue weighted by molar-refractivity contribution is 0.101. The summed E-state index contributed by atoms with van der Waals surface area (Å²) < 4.78 is 13.0. The predicted octanol–water partition coefficient (Wildman–Crippen LogP) is 5.63. The summed E-state index contributed by atoms with van der Waals surface area (Å²) in [5.74, 6) is 1.40. The molecule has 7 heteroatoms. The highest BCUT2D eigenvalue weighted by Gasteiger charge is 2.37. The number of aromatic nitrogens is 3. The molecule has 0 radical (unpaired) electrons. The molecule has 1 aliphatic carbocycles. The highest BCUT2D eigenvalue weighted by Crippen LogP contribution is 2.39. The Morgan fingerprint density at radius 1 is 1.14 bits per heavy atom. The van der Waals surface area contributed by atoms with Crippen LogP contribution in [-0.4, -0.2) is 27.5 Å².